The SMILES string of the molecule is COc1ccccc1CC(N)C(C)N. The van der Waals surface area contributed by atoms with Crippen LogP contribution in [0.2, 0.25) is 0 Å². The van der Waals surface area contributed by atoms with Crippen LogP contribution in [0.1, 0.15) is 12.5 Å². The summed E-state index contributed by atoms with van der Waals surface area (Å²) in [5.41, 5.74) is 12.7. The van der Waals surface area contributed by atoms with Crippen LogP contribution in [0, 0.1) is 0 Å². The molecule has 2 unspecified atom stereocenters. The molecule has 0 aromatic heterocycles. The fraction of sp³-hybridized carbons (Fsp3) is 0.455. The fourth-order valence-electron chi connectivity index (χ4n) is 1.31. The second-order valence-corrected chi connectivity index (χ2v) is 3.54. The van der Waals surface area contributed by atoms with Crippen LogP contribution in [-0.4, -0.2) is 19.2 Å². The van der Waals surface area contributed by atoms with Gasteiger partial charge >= 0.3 is 0 Å². The molecule has 0 bridgehead atoms. The monoisotopic (exact) mass is 194 g/mol. The lowest BCUT2D eigenvalue weighted by Crippen LogP contribution is -2.40. The zero-order valence-corrected chi connectivity index (χ0v) is 8.73. The van der Waals surface area contributed by atoms with Crippen LogP contribution in [-0.2, 0) is 6.42 Å². The number of hydrogen-bond donors (Lipinski definition) is 2. The summed E-state index contributed by atoms with van der Waals surface area (Å²) in [5.74, 6) is 0.878. The molecule has 3 nitrogen and oxygen atoms in total. The highest BCUT2D eigenvalue weighted by atomic mass is 16.5. The summed E-state index contributed by atoms with van der Waals surface area (Å²) in [4.78, 5) is 0. The molecule has 14 heavy (non-hydrogen) atoms. The van der Waals surface area contributed by atoms with Gasteiger partial charge in [0.1, 0.15) is 5.75 Å². The number of benzene rings is 1. The second kappa shape index (κ2) is 4.98. The van der Waals surface area contributed by atoms with Crippen molar-refractivity contribution in [2.45, 2.75) is 25.4 Å². The molecule has 1 rings (SSSR count). The van der Waals surface area contributed by atoms with Crippen molar-refractivity contribution >= 4 is 0 Å². The standard InChI is InChI=1S/C11H18N2O/c1-8(12)10(13)7-9-5-3-4-6-11(9)14-2/h3-6,8,10H,7,12-13H2,1-2H3. The van der Waals surface area contributed by atoms with E-state index in [4.69, 9.17) is 16.2 Å². The Labute approximate surface area is 85.0 Å². The van der Waals surface area contributed by atoms with Gasteiger partial charge in [-0.25, -0.2) is 0 Å². The van der Waals surface area contributed by atoms with E-state index in [0.29, 0.717) is 0 Å². The summed E-state index contributed by atoms with van der Waals surface area (Å²) in [7, 11) is 1.66. The fourth-order valence-corrected chi connectivity index (χ4v) is 1.31. The Morgan fingerprint density at radius 2 is 1.93 bits per heavy atom. The van der Waals surface area contributed by atoms with Crippen molar-refractivity contribution in [3.05, 3.63) is 29.8 Å². The highest BCUT2D eigenvalue weighted by molar-refractivity contribution is 5.33. The molecule has 1 aromatic carbocycles. The molecule has 0 aliphatic heterocycles. The summed E-state index contributed by atoms with van der Waals surface area (Å²) in [6, 6.07) is 7.85. The van der Waals surface area contributed by atoms with E-state index in [2.05, 4.69) is 0 Å². The third kappa shape index (κ3) is 2.72. The maximum Gasteiger partial charge on any atom is 0.122 e. The van der Waals surface area contributed by atoms with E-state index in [1.165, 1.54) is 0 Å². The van der Waals surface area contributed by atoms with Gasteiger partial charge in [0.25, 0.3) is 0 Å². The molecule has 1 aromatic rings. The Morgan fingerprint density at radius 3 is 2.50 bits per heavy atom. The van der Waals surface area contributed by atoms with Gasteiger partial charge in [-0.15, -0.1) is 0 Å². The summed E-state index contributed by atoms with van der Waals surface area (Å²) in [5, 5.41) is 0. The van der Waals surface area contributed by atoms with Gasteiger partial charge in [-0.1, -0.05) is 18.2 Å². The van der Waals surface area contributed by atoms with E-state index in [9.17, 15) is 0 Å². The largest absolute Gasteiger partial charge is 0.496 e. The first-order valence-corrected chi connectivity index (χ1v) is 4.78. The molecule has 4 N–H and O–H groups in total. The Morgan fingerprint density at radius 1 is 1.29 bits per heavy atom. The van der Waals surface area contributed by atoms with Gasteiger partial charge in [0.2, 0.25) is 0 Å². The molecule has 0 radical (unpaired) electrons. The molecule has 0 aliphatic rings. The minimum Gasteiger partial charge on any atom is -0.496 e. The van der Waals surface area contributed by atoms with E-state index in [1.807, 2.05) is 31.2 Å². The van der Waals surface area contributed by atoms with E-state index < -0.39 is 0 Å². The van der Waals surface area contributed by atoms with Crippen LogP contribution < -0.4 is 16.2 Å². The van der Waals surface area contributed by atoms with Gasteiger partial charge in [-0.3, -0.25) is 0 Å². The Bertz CT molecular complexity index is 286. The molecule has 0 fully saturated rings. The molecule has 0 spiro atoms. The topological polar surface area (TPSA) is 61.3 Å². The van der Waals surface area contributed by atoms with Gasteiger partial charge in [0.15, 0.2) is 0 Å². The first-order valence-electron chi connectivity index (χ1n) is 4.78. The maximum absolute atomic E-state index is 5.89. The minimum absolute atomic E-state index is 0.0000813. The number of hydrogen-bond acceptors (Lipinski definition) is 3. The maximum atomic E-state index is 5.89. The molecule has 3 heteroatoms. The zero-order valence-electron chi connectivity index (χ0n) is 8.73. The molecule has 78 valence electrons. The van der Waals surface area contributed by atoms with Crippen molar-refractivity contribution in [2.75, 3.05) is 7.11 Å². The van der Waals surface area contributed by atoms with Crippen molar-refractivity contribution < 1.29 is 4.74 Å². The smallest absolute Gasteiger partial charge is 0.122 e. The van der Waals surface area contributed by atoms with E-state index >= 15 is 0 Å². The van der Waals surface area contributed by atoms with Crippen LogP contribution in [0.15, 0.2) is 24.3 Å². The average molecular weight is 194 g/mol. The van der Waals surface area contributed by atoms with E-state index in [1.54, 1.807) is 7.11 Å². The third-order valence-corrected chi connectivity index (χ3v) is 2.32. The average Bonchev–Trinajstić information content (AvgIpc) is 2.18. The predicted molar refractivity (Wildman–Crippen MR) is 58.3 cm³/mol. The minimum atomic E-state index is -0.0219. The molecule has 0 saturated carbocycles. The van der Waals surface area contributed by atoms with Gasteiger partial charge in [0, 0.05) is 12.1 Å². The van der Waals surface area contributed by atoms with Crippen LogP contribution in [0.3, 0.4) is 0 Å². The van der Waals surface area contributed by atoms with Gasteiger partial charge in [-0.05, 0) is 25.0 Å². The van der Waals surface area contributed by atoms with Crippen LogP contribution in [0.4, 0.5) is 0 Å². The normalized spacial score (nSPS) is 14.9. The van der Waals surface area contributed by atoms with Crippen molar-refractivity contribution in [2.24, 2.45) is 11.5 Å². The molecule has 0 saturated heterocycles. The van der Waals surface area contributed by atoms with E-state index in [-0.39, 0.29) is 12.1 Å². The lowest BCUT2D eigenvalue weighted by atomic mass is 10.0. The summed E-state index contributed by atoms with van der Waals surface area (Å²) < 4.78 is 5.23. The van der Waals surface area contributed by atoms with Crippen LogP contribution in [0.25, 0.3) is 0 Å². The Balaban J connectivity index is 2.75. The summed E-state index contributed by atoms with van der Waals surface area (Å²) in [6.45, 7) is 1.92. The highest BCUT2D eigenvalue weighted by Crippen LogP contribution is 2.18. The number of nitrogens with two attached hydrogens (primary N) is 2. The third-order valence-electron chi connectivity index (χ3n) is 2.32. The second-order valence-electron chi connectivity index (χ2n) is 3.54. The molecule has 0 aliphatic carbocycles. The number of rotatable bonds is 4. The molecular formula is C11H18N2O. The number of para-hydroxylation sites is 1. The van der Waals surface area contributed by atoms with Crippen LogP contribution >= 0.6 is 0 Å². The van der Waals surface area contributed by atoms with Gasteiger partial charge in [0.05, 0.1) is 7.11 Å². The molecule has 0 heterocycles. The highest BCUT2D eigenvalue weighted by Gasteiger charge is 2.11. The Hall–Kier alpha value is -1.06. The molecule has 0 amide bonds. The van der Waals surface area contributed by atoms with Gasteiger partial charge < -0.3 is 16.2 Å². The number of methoxy groups -OCH3 is 1. The summed E-state index contributed by atoms with van der Waals surface area (Å²) >= 11 is 0. The zero-order chi connectivity index (χ0) is 10.6. The quantitative estimate of drug-likeness (QED) is 0.749. The number of ether oxygens (including phenoxy) is 1. The molecular weight excluding hydrogens is 176 g/mol. The van der Waals surface area contributed by atoms with Crippen molar-refractivity contribution in [3.8, 4) is 5.75 Å². The first kappa shape index (κ1) is 11.0. The lowest BCUT2D eigenvalue weighted by Gasteiger charge is -2.17. The predicted octanol–water partition coefficient (Wildman–Crippen LogP) is 0.912. The van der Waals surface area contributed by atoms with Crippen molar-refractivity contribution in [3.63, 3.8) is 0 Å². The van der Waals surface area contributed by atoms with Gasteiger partial charge in [-0.2, -0.15) is 0 Å². The summed E-state index contributed by atoms with van der Waals surface area (Å²) in [6.07, 6.45) is 0.752. The first-order chi connectivity index (χ1) is 6.65. The van der Waals surface area contributed by atoms with Crippen molar-refractivity contribution in [1.82, 2.24) is 0 Å². The van der Waals surface area contributed by atoms with Crippen LogP contribution in [0.5, 0.6) is 5.75 Å². The lowest BCUT2D eigenvalue weighted by molar-refractivity contribution is 0.406. The molecule has 2 atom stereocenters. The van der Waals surface area contributed by atoms with E-state index in [0.717, 1.165) is 17.7 Å². The van der Waals surface area contributed by atoms with Crippen molar-refractivity contribution in [1.29, 1.82) is 0 Å². The Kier molecular flexibility index (Phi) is 3.92.